The van der Waals surface area contributed by atoms with Gasteiger partial charge in [0.1, 0.15) is 0 Å². The van der Waals surface area contributed by atoms with Gasteiger partial charge in [-0.05, 0) is 13.8 Å². The smallest absolute Gasteiger partial charge is 0.267 e. The van der Waals surface area contributed by atoms with Gasteiger partial charge in [0.05, 0.1) is 6.20 Å². The Labute approximate surface area is 87.0 Å². The summed E-state index contributed by atoms with van der Waals surface area (Å²) < 4.78 is 3.40. The van der Waals surface area contributed by atoms with Gasteiger partial charge in [0.2, 0.25) is 0 Å². The normalized spacial score (nSPS) is 10.5. The van der Waals surface area contributed by atoms with Gasteiger partial charge in [-0.25, -0.2) is 14.3 Å². The Bertz CT molecular complexity index is 512. The molecule has 2 aromatic heterocycles. The van der Waals surface area contributed by atoms with E-state index in [1.807, 2.05) is 13.8 Å². The number of hydrogen-bond donors (Lipinski definition) is 0. The largest absolute Gasteiger partial charge is 0.268 e. The molecule has 0 aromatic carbocycles. The van der Waals surface area contributed by atoms with Crippen molar-refractivity contribution in [3.8, 4) is 5.82 Å². The van der Waals surface area contributed by atoms with Gasteiger partial charge in [0, 0.05) is 30.7 Å². The van der Waals surface area contributed by atoms with Gasteiger partial charge >= 0.3 is 0 Å². The highest BCUT2D eigenvalue weighted by Crippen LogP contribution is 2.04. The molecule has 0 fully saturated rings. The van der Waals surface area contributed by atoms with Crippen LogP contribution in [-0.2, 0) is 6.54 Å². The summed E-state index contributed by atoms with van der Waals surface area (Å²) in [6.07, 6.45) is 4.86. The van der Waals surface area contributed by atoms with E-state index >= 15 is 0 Å². The molecule has 15 heavy (non-hydrogen) atoms. The second-order valence-corrected chi connectivity index (χ2v) is 3.22. The van der Waals surface area contributed by atoms with Gasteiger partial charge in [-0.2, -0.15) is 0 Å². The van der Waals surface area contributed by atoms with Crippen molar-refractivity contribution >= 4 is 0 Å². The lowest BCUT2D eigenvalue weighted by molar-refractivity contribution is 0.550. The molecule has 5 nitrogen and oxygen atoms in total. The molecule has 0 unspecified atom stereocenters. The Balaban J connectivity index is 2.67. The van der Waals surface area contributed by atoms with Crippen molar-refractivity contribution in [1.29, 1.82) is 0 Å². The second kappa shape index (κ2) is 3.68. The van der Waals surface area contributed by atoms with Gasteiger partial charge in [0.15, 0.2) is 5.82 Å². The van der Waals surface area contributed by atoms with Gasteiger partial charge in [-0.3, -0.25) is 9.78 Å². The van der Waals surface area contributed by atoms with E-state index in [1.165, 1.54) is 0 Å². The minimum Gasteiger partial charge on any atom is -0.268 e. The van der Waals surface area contributed by atoms with E-state index in [1.54, 1.807) is 34.0 Å². The molecule has 0 aliphatic heterocycles. The summed E-state index contributed by atoms with van der Waals surface area (Å²) in [6.45, 7) is 4.42. The summed E-state index contributed by atoms with van der Waals surface area (Å²) in [6, 6.07) is 1.60. The third-order valence-electron chi connectivity index (χ3n) is 2.23. The monoisotopic (exact) mass is 204 g/mol. The molecule has 2 rings (SSSR count). The van der Waals surface area contributed by atoms with E-state index in [0.717, 1.165) is 5.69 Å². The van der Waals surface area contributed by atoms with E-state index in [9.17, 15) is 4.79 Å². The molecule has 78 valence electrons. The third kappa shape index (κ3) is 1.56. The summed E-state index contributed by atoms with van der Waals surface area (Å²) in [5.41, 5.74) is 0.850. The Morgan fingerprint density at radius 3 is 2.80 bits per heavy atom. The highest BCUT2D eigenvalue weighted by atomic mass is 16.1. The molecular weight excluding hydrogens is 192 g/mol. The van der Waals surface area contributed by atoms with E-state index in [4.69, 9.17) is 0 Å². The predicted octanol–water partition coefficient (Wildman–Crippen LogP) is 0.757. The fourth-order valence-corrected chi connectivity index (χ4v) is 1.61. The van der Waals surface area contributed by atoms with E-state index in [-0.39, 0.29) is 5.56 Å². The fourth-order valence-electron chi connectivity index (χ4n) is 1.61. The van der Waals surface area contributed by atoms with Crippen LogP contribution in [0.2, 0.25) is 0 Å². The SMILES string of the molecule is CCn1c(=O)cc(C)n1-c1cnccn1. The van der Waals surface area contributed by atoms with Crippen LogP contribution in [0.4, 0.5) is 0 Å². The minimum absolute atomic E-state index is 0.0133. The Hall–Kier alpha value is -1.91. The lowest BCUT2D eigenvalue weighted by Gasteiger charge is -2.09. The maximum atomic E-state index is 11.6. The lowest BCUT2D eigenvalue weighted by Crippen LogP contribution is -2.21. The number of hydrogen-bond acceptors (Lipinski definition) is 3. The van der Waals surface area contributed by atoms with Crippen LogP contribution in [-0.4, -0.2) is 19.3 Å². The average Bonchev–Trinajstić information content (AvgIpc) is 2.54. The van der Waals surface area contributed by atoms with Crippen LogP contribution < -0.4 is 5.56 Å². The topological polar surface area (TPSA) is 52.7 Å². The van der Waals surface area contributed by atoms with Crippen LogP contribution in [0.1, 0.15) is 12.6 Å². The first-order chi connectivity index (χ1) is 7.24. The zero-order valence-corrected chi connectivity index (χ0v) is 8.71. The molecule has 5 heteroatoms. The molecule has 0 atom stereocenters. The summed E-state index contributed by atoms with van der Waals surface area (Å²) in [7, 11) is 0. The van der Waals surface area contributed by atoms with E-state index < -0.39 is 0 Å². The van der Waals surface area contributed by atoms with Crippen molar-refractivity contribution < 1.29 is 0 Å². The van der Waals surface area contributed by atoms with Gasteiger partial charge in [0.25, 0.3) is 5.56 Å². The first-order valence-electron chi connectivity index (χ1n) is 4.80. The van der Waals surface area contributed by atoms with E-state index in [2.05, 4.69) is 9.97 Å². The van der Waals surface area contributed by atoms with Crippen LogP contribution in [0.15, 0.2) is 29.5 Å². The molecule has 0 saturated carbocycles. The molecule has 0 N–H and O–H groups in total. The lowest BCUT2D eigenvalue weighted by atomic mass is 10.5. The van der Waals surface area contributed by atoms with Crippen molar-refractivity contribution in [2.75, 3.05) is 0 Å². The molecular formula is C10H12N4O. The highest BCUT2D eigenvalue weighted by molar-refractivity contribution is 5.20. The molecule has 0 amide bonds. The maximum absolute atomic E-state index is 11.6. The van der Waals surface area contributed by atoms with Crippen LogP contribution in [0.3, 0.4) is 0 Å². The summed E-state index contributed by atoms with van der Waals surface area (Å²) in [5, 5.41) is 0. The molecule has 2 aromatic rings. The molecule has 0 bridgehead atoms. The highest BCUT2D eigenvalue weighted by Gasteiger charge is 2.08. The standard InChI is InChI=1S/C10H12N4O/c1-3-13-10(15)6-8(2)14(13)9-7-11-4-5-12-9/h4-7H,3H2,1-2H3. The van der Waals surface area contributed by atoms with Crippen molar-refractivity contribution in [3.63, 3.8) is 0 Å². The second-order valence-electron chi connectivity index (χ2n) is 3.22. The van der Waals surface area contributed by atoms with Crippen molar-refractivity contribution in [2.45, 2.75) is 20.4 Å². The minimum atomic E-state index is -0.0133. The summed E-state index contributed by atoms with van der Waals surface area (Å²) in [5.74, 6) is 0.666. The summed E-state index contributed by atoms with van der Waals surface area (Å²) >= 11 is 0. The third-order valence-corrected chi connectivity index (χ3v) is 2.23. The van der Waals surface area contributed by atoms with Crippen molar-refractivity contribution in [2.24, 2.45) is 0 Å². The zero-order chi connectivity index (χ0) is 10.8. The quantitative estimate of drug-likeness (QED) is 0.725. The zero-order valence-electron chi connectivity index (χ0n) is 8.71. The van der Waals surface area contributed by atoms with E-state index in [0.29, 0.717) is 12.4 Å². The molecule has 0 spiro atoms. The van der Waals surface area contributed by atoms with Crippen LogP contribution in [0.25, 0.3) is 5.82 Å². The first-order valence-corrected chi connectivity index (χ1v) is 4.80. The molecule has 0 aliphatic carbocycles. The molecule has 2 heterocycles. The number of aromatic nitrogens is 4. The Kier molecular flexibility index (Phi) is 2.37. The predicted molar refractivity (Wildman–Crippen MR) is 56.0 cm³/mol. The maximum Gasteiger partial charge on any atom is 0.267 e. The number of rotatable bonds is 2. The van der Waals surface area contributed by atoms with Crippen LogP contribution in [0, 0.1) is 6.92 Å². The Morgan fingerprint density at radius 2 is 2.20 bits per heavy atom. The van der Waals surface area contributed by atoms with Crippen molar-refractivity contribution in [1.82, 2.24) is 19.3 Å². The number of nitrogens with zero attached hydrogens (tertiary/aromatic N) is 4. The molecule has 0 saturated heterocycles. The van der Waals surface area contributed by atoms with Gasteiger partial charge in [-0.15, -0.1) is 0 Å². The summed E-state index contributed by atoms with van der Waals surface area (Å²) in [4.78, 5) is 19.7. The molecule has 0 radical (unpaired) electrons. The molecule has 0 aliphatic rings. The van der Waals surface area contributed by atoms with Crippen LogP contribution in [0.5, 0.6) is 0 Å². The average molecular weight is 204 g/mol. The number of aryl methyl sites for hydroxylation is 1. The van der Waals surface area contributed by atoms with Gasteiger partial charge < -0.3 is 0 Å². The van der Waals surface area contributed by atoms with Gasteiger partial charge in [-0.1, -0.05) is 0 Å². The first kappa shape index (κ1) is 9.64. The van der Waals surface area contributed by atoms with Crippen LogP contribution >= 0.6 is 0 Å². The Morgan fingerprint density at radius 1 is 1.40 bits per heavy atom. The van der Waals surface area contributed by atoms with Crippen molar-refractivity contribution in [3.05, 3.63) is 40.7 Å². The fraction of sp³-hybridized carbons (Fsp3) is 0.300.